The van der Waals surface area contributed by atoms with Gasteiger partial charge in [-0.1, -0.05) is 25.0 Å². The Hall–Kier alpha value is -1.26. The Labute approximate surface area is 120 Å². The molecule has 2 rings (SSSR count). The molecule has 1 unspecified atom stereocenters. The van der Waals surface area contributed by atoms with Crippen molar-refractivity contribution in [2.45, 2.75) is 50.6 Å². The number of aldehydes is 1. The molecule has 1 N–H and O–H groups in total. The number of hydrogen-bond donors (Lipinski definition) is 1. The predicted octanol–water partition coefficient (Wildman–Crippen LogP) is 2.02. The molecule has 2 aliphatic rings. The second-order valence-electron chi connectivity index (χ2n) is 5.95. The first kappa shape index (κ1) is 15.1. The van der Waals surface area contributed by atoms with Gasteiger partial charge in [-0.15, -0.1) is 13.2 Å². The highest BCUT2D eigenvalue weighted by atomic mass is 16.2. The number of ketones is 1. The van der Waals surface area contributed by atoms with Gasteiger partial charge in [0.25, 0.3) is 0 Å². The fourth-order valence-corrected chi connectivity index (χ4v) is 3.78. The molecule has 1 saturated carbocycles. The molecule has 0 aromatic rings. The average molecular weight is 276 g/mol. The SMILES string of the molecule is C=CCC1(CC=C)CNN(C2CCCC2)C1C(=O)C=O. The molecule has 1 saturated heterocycles. The molecule has 1 aliphatic carbocycles. The number of carbonyl (C=O) groups is 2. The summed E-state index contributed by atoms with van der Waals surface area (Å²) < 4.78 is 0. The maximum absolute atomic E-state index is 12.2. The maximum Gasteiger partial charge on any atom is 0.214 e. The van der Waals surface area contributed by atoms with Gasteiger partial charge in [-0.25, -0.2) is 5.01 Å². The van der Waals surface area contributed by atoms with Crippen molar-refractivity contribution in [2.24, 2.45) is 5.41 Å². The van der Waals surface area contributed by atoms with Crippen LogP contribution in [0.1, 0.15) is 38.5 Å². The minimum Gasteiger partial charge on any atom is -0.295 e. The van der Waals surface area contributed by atoms with E-state index in [1.54, 1.807) is 0 Å². The van der Waals surface area contributed by atoms with Crippen LogP contribution in [0.25, 0.3) is 0 Å². The zero-order valence-corrected chi connectivity index (χ0v) is 12.0. The van der Waals surface area contributed by atoms with Crippen molar-refractivity contribution < 1.29 is 9.59 Å². The van der Waals surface area contributed by atoms with Crippen LogP contribution in [-0.4, -0.2) is 35.7 Å². The summed E-state index contributed by atoms with van der Waals surface area (Å²) >= 11 is 0. The smallest absolute Gasteiger partial charge is 0.214 e. The molecule has 4 nitrogen and oxygen atoms in total. The number of nitrogens with one attached hydrogen (secondary N) is 1. The summed E-state index contributed by atoms with van der Waals surface area (Å²) in [5, 5.41) is 2.05. The lowest BCUT2D eigenvalue weighted by Crippen LogP contribution is -2.51. The highest BCUT2D eigenvalue weighted by Crippen LogP contribution is 2.41. The van der Waals surface area contributed by atoms with Crippen molar-refractivity contribution in [1.29, 1.82) is 0 Å². The summed E-state index contributed by atoms with van der Waals surface area (Å²) in [5.74, 6) is -0.328. The normalized spacial score (nSPS) is 26.5. The van der Waals surface area contributed by atoms with Crippen LogP contribution in [0.2, 0.25) is 0 Å². The van der Waals surface area contributed by atoms with E-state index in [9.17, 15) is 9.59 Å². The molecular formula is C16H24N2O2. The van der Waals surface area contributed by atoms with E-state index in [0.29, 0.717) is 31.7 Å². The molecule has 2 fully saturated rings. The van der Waals surface area contributed by atoms with E-state index >= 15 is 0 Å². The van der Waals surface area contributed by atoms with Crippen LogP contribution in [0.3, 0.4) is 0 Å². The summed E-state index contributed by atoms with van der Waals surface area (Å²) in [5.41, 5.74) is 3.09. The number of Topliss-reactive ketones (excluding diaryl/α,β-unsaturated/α-hetero) is 1. The molecule has 1 aliphatic heterocycles. The molecule has 0 bridgehead atoms. The van der Waals surface area contributed by atoms with Gasteiger partial charge in [-0.3, -0.25) is 15.0 Å². The van der Waals surface area contributed by atoms with E-state index in [1.165, 1.54) is 12.8 Å². The van der Waals surface area contributed by atoms with Crippen LogP contribution in [0.5, 0.6) is 0 Å². The number of carbonyl (C=O) groups excluding carboxylic acids is 2. The quantitative estimate of drug-likeness (QED) is 0.439. The summed E-state index contributed by atoms with van der Waals surface area (Å²) in [6.45, 7) is 8.33. The van der Waals surface area contributed by atoms with Gasteiger partial charge in [0, 0.05) is 18.0 Å². The Balaban J connectivity index is 2.31. The number of rotatable bonds is 7. The Kier molecular flexibility index (Phi) is 4.89. The summed E-state index contributed by atoms with van der Waals surface area (Å²) in [6.07, 6.45) is 10.1. The van der Waals surface area contributed by atoms with E-state index < -0.39 is 0 Å². The van der Waals surface area contributed by atoms with Crippen LogP contribution in [-0.2, 0) is 9.59 Å². The summed E-state index contributed by atoms with van der Waals surface area (Å²) in [7, 11) is 0. The fraction of sp³-hybridized carbons (Fsp3) is 0.625. The number of hydrogen-bond acceptors (Lipinski definition) is 4. The van der Waals surface area contributed by atoms with Gasteiger partial charge in [-0.2, -0.15) is 0 Å². The topological polar surface area (TPSA) is 49.4 Å². The largest absolute Gasteiger partial charge is 0.295 e. The average Bonchev–Trinajstić information content (AvgIpc) is 3.06. The highest BCUT2D eigenvalue weighted by Gasteiger charge is 2.51. The molecule has 1 atom stereocenters. The van der Waals surface area contributed by atoms with Gasteiger partial charge in [-0.05, 0) is 25.7 Å². The predicted molar refractivity (Wildman–Crippen MR) is 79.0 cm³/mol. The second kappa shape index (κ2) is 6.46. The molecule has 1 heterocycles. The van der Waals surface area contributed by atoms with Gasteiger partial charge >= 0.3 is 0 Å². The summed E-state index contributed by atoms with van der Waals surface area (Å²) in [6, 6.07) is -0.0282. The van der Waals surface area contributed by atoms with Gasteiger partial charge in [0.15, 0.2) is 6.29 Å². The van der Waals surface area contributed by atoms with Gasteiger partial charge in [0.2, 0.25) is 5.78 Å². The van der Waals surface area contributed by atoms with E-state index in [-0.39, 0.29) is 17.2 Å². The first-order chi connectivity index (χ1) is 9.68. The van der Waals surface area contributed by atoms with Crippen molar-refractivity contribution in [1.82, 2.24) is 10.4 Å². The Bertz CT molecular complexity index is 389. The zero-order valence-electron chi connectivity index (χ0n) is 12.0. The molecular weight excluding hydrogens is 252 g/mol. The molecule has 0 radical (unpaired) electrons. The highest BCUT2D eigenvalue weighted by molar-refractivity contribution is 6.27. The third-order valence-corrected chi connectivity index (χ3v) is 4.68. The van der Waals surface area contributed by atoms with E-state index in [1.807, 2.05) is 12.2 Å². The van der Waals surface area contributed by atoms with Crippen LogP contribution in [0.15, 0.2) is 25.3 Å². The lowest BCUT2D eigenvalue weighted by Gasteiger charge is -2.36. The molecule has 0 aromatic carbocycles. The van der Waals surface area contributed by atoms with Crippen molar-refractivity contribution >= 4 is 12.1 Å². The zero-order chi connectivity index (χ0) is 14.6. The summed E-state index contributed by atoms with van der Waals surface area (Å²) in [4.78, 5) is 23.3. The minimum atomic E-state index is -0.390. The Morgan fingerprint density at radius 1 is 1.25 bits per heavy atom. The lowest BCUT2D eigenvalue weighted by molar-refractivity contribution is -0.136. The molecule has 110 valence electrons. The molecule has 0 aromatic heterocycles. The van der Waals surface area contributed by atoms with Crippen molar-refractivity contribution in [3.05, 3.63) is 25.3 Å². The van der Waals surface area contributed by atoms with E-state index in [4.69, 9.17) is 0 Å². The van der Waals surface area contributed by atoms with Crippen molar-refractivity contribution in [3.8, 4) is 0 Å². The second-order valence-corrected chi connectivity index (χ2v) is 5.95. The van der Waals surface area contributed by atoms with Gasteiger partial charge < -0.3 is 0 Å². The van der Waals surface area contributed by atoms with Crippen molar-refractivity contribution in [2.75, 3.05) is 6.54 Å². The Morgan fingerprint density at radius 2 is 1.85 bits per heavy atom. The Morgan fingerprint density at radius 3 is 2.35 bits per heavy atom. The molecule has 4 heteroatoms. The minimum absolute atomic E-state index is 0.288. The van der Waals surface area contributed by atoms with Crippen LogP contribution < -0.4 is 5.43 Å². The first-order valence-electron chi connectivity index (χ1n) is 7.41. The lowest BCUT2D eigenvalue weighted by atomic mass is 9.73. The van der Waals surface area contributed by atoms with E-state index in [0.717, 1.165) is 12.8 Å². The van der Waals surface area contributed by atoms with Gasteiger partial charge in [0.05, 0.1) is 6.04 Å². The standard InChI is InChI=1S/C16H24N2O2/c1-3-9-16(10-4-2)12-17-18(13-7-5-6-8-13)15(16)14(20)11-19/h3-4,11,13,15,17H,1-2,5-10,12H2. The molecule has 0 spiro atoms. The number of allylic oxidation sites excluding steroid dienone is 2. The van der Waals surface area contributed by atoms with Crippen LogP contribution >= 0.6 is 0 Å². The maximum atomic E-state index is 12.2. The monoisotopic (exact) mass is 276 g/mol. The molecule has 20 heavy (non-hydrogen) atoms. The van der Waals surface area contributed by atoms with Crippen LogP contribution in [0, 0.1) is 5.41 Å². The van der Waals surface area contributed by atoms with Crippen LogP contribution in [0.4, 0.5) is 0 Å². The van der Waals surface area contributed by atoms with E-state index in [2.05, 4.69) is 23.6 Å². The van der Waals surface area contributed by atoms with Gasteiger partial charge in [0.1, 0.15) is 0 Å². The number of nitrogens with zero attached hydrogens (tertiary/aromatic N) is 1. The first-order valence-corrected chi connectivity index (χ1v) is 7.41. The third kappa shape index (κ3) is 2.63. The number of hydrazine groups is 1. The fourth-order valence-electron chi connectivity index (χ4n) is 3.78. The van der Waals surface area contributed by atoms with Crippen molar-refractivity contribution in [3.63, 3.8) is 0 Å². The molecule has 0 amide bonds. The third-order valence-electron chi connectivity index (χ3n) is 4.68.